The Labute approximate surface area is 282 Å². The summed E-state index contributed by atoms with van der Waals surface area (Å²) < 4.78 is 26.7. The van der Waals surface area contributed by atoms with Gasteiger partial charge in [0, 0.05) is 81.3 Å². The van der Waals surface area contributed by atoms with E-state index in [1.165, 1.54) is 44.4 Å². The number of rotatable bonds is 10. The lowest BCUT2D eigenvalue weighted by molar-refractivity contribution is -0.0799. The lowest BCUT2D eigenvalue weighted by Crippen LogP contribution is -2.65. The molecule has 0 amide bonds. The van der Waals surface area contributed by atoms with E-state index in [2.05, 4.69) is 60.0 Å². The first-order valence-electron chi connectivity index (χ1n) is 18.0. The standard InChI is InChI=1S/C37H47FN8O2/c1-21(2)33(24-12-26(13-24)45-15-29-30(16-45)34(29)47-4)46-18-37(19-46)9-10-44(17-37)35-36(43-40-20-39-35)48-31-8-7-25(38)14-28(31)32-27(23-5-6-23)11-22(3)41-42-32/h7-8,11,14,20-21,23-24,26,29-30,33-34H,5-6,9-10,12-13,15-19H2,1-4H3/t24?,26?,29-,30+,33-,34?/m0/s1. The molecule has 3 aliphatic carbocycles. The zero-order valence-corrected chi connectivity index (χ0v) is 28.6. The van der Waals surface area contributed by atoms with Gasteiger partial charge in [-0.05, 0) is 86.6 Å². The van der Waals surface area contributed by atoms with E-state index in [0.717, 1.165) is 80.5 Å². The Kier molecular flexibility index (Phi) is 7.47. The highest BCUT2D eigenvalue weighted by Gasteiger charge is 2.59. The molecule has 2 aromatic heterocycles. The van der Waals surface area contributed by atoms with Crippen LogP contribution in [0.3, 0.4) is 0 Å². The van der Waals surface area contributed by atoms with Gasteiger partial charge in [-0.2, -0.15) is 5.10 Å². The molecule has 11 heteroatoms. The first-order valence-corrected chi connectivity index (χ1v) is 18.0. The monoisotopic (exact) mass is 654 g/mol. The molecule has 3 aliphatic heterocycles. The van der Waals surface area contributed by atoms with Crippen LogP contribution < -0.4 is 9.64 Å². The van der Waals surface area contributed by atoms with Crippen molar-refractivity contribution >= 4 is 5.82 Å². The van der Waals surface area contributed by atoms with E-state index < -0.39 is 0 Å². The number of likely N-dealkylation sites (tertiary alicyclic amines) is 2. The Morgan fingerprint density at radius 2 is 1.79 bits per heavy atom. The number of benzene rings is 1. The number of anilines is 1. The number of aryl methyl sites for hydroxylation is 1. The van der Waals surface area contributed by atoms with Crippen LogP contribution in [-0.4, -0.2) is 99.7 Å². The molecule has 1 aromatic carbocycles. The Morgan fingerprint density at radius 3 is 2.52 bits per heavy atom. The average Bonchev–Trinajstić information content (AvgIpc) is 3.90. The van der Waals surface area contributed by atoms with Gasteiger partial charge in [-0.15, -0.1) is 15.3 Å². The van der Waals surface area contributed by atoms with Gasteiger partial charge < -0.3 is 14.4 Å². The van der Waals surface area contributed by atoms with Crippen LogP contribution in [0.4, 0.5) is 10.2 Å². The van der Waals surface area contributed by atoms with Crippen LogP contribution in [0.1, 0.15) is 63.1 Å². The van der Waals surface area contributed by atoms with Gasteiger partial charge in [-0.25, -0.2) is 9.37 Å². The lowest BCUT2D eigenvalue weighted by atomic mass is 9.68. The highest BCUT2D eigenvalue weighted by molar-refractivity contribution is 5.71. The number of fused-ring (bicyclic) bond motifs is 1. The predicted molar refractivity (Wildman–Crippen MR) is 179 cm³/mol. The molecule has 6 aliphatic rings. The highest BCUT2D eigenvalue weighted by Crippen LogP contribution is 2.52. The number of aromatic nitrogens is 5. The number of methoxy groups -OCH3 is 1. The number of hydrogen-bond donors (Lipinski definition) is 0. The van der Waals surface area contributed by atoms with Gasteiger partial charge in [-0.3, -0.25) is 9.80 Å². The second-order valence-electron chi connectivity index (χ2n) is 16.1. The lowest BCUT2D eigenvalue weighted by Gasteiger charge is -2.57. The highest BCUT2D eigenvalue weighted by atomic mass is 19.1. The number of nitrogens with zero attached hydrogens (tertiary/aromatic N) is 8. The molecule has 1 unspecified atom stereocenters. The van der Waals surface area contributed by atoms with E-state index in [1.807, 2.05) is 14.0 Å². The van der Waals surface area contributed by atoms with E-state index in [-0.39, 0.29) is 11.2 Å². The summed E-state index contributed by atoms with van der Waals surface area (Å²) in [5.41, 5.74) is 3.44. The van der Waals surface area contributed by atoms with E-state index >= 15 is 0 Å². The maximum absolute atomic E-state index is 14.6. The maximum Gasteiger partial charge on any atom is 0.282 e. The van der Waals surface area contributed by atoms with E-state index in [0.29, 0.717) is 52.7 Å². The molecule has 9 rings (SSSR count). The molecule has 4 atom stereocenters. The van der Waals surface area contributed by atoms with Gasteiger partial charge in [-0.1, -0.05) is 13.8 Å². The molecule has 3 saturated carbocycles. The van der Waals surface area contributed by atoms with Crippen LogP contribution in [-0.2, 0) is 4.74 Å². The molecular formula is C37H47FN8O2. The number of ether oxygens (including phenoxy) is 2. The zero-order valence-electron chi connectivity index (χ0n) is 28.6. The van der Waals surface area contributed by atoms with Crippen molar-refractivity contribution in [2.45, 2.75) is 77.0 Å². The first kappa shape index (κ1) is 30.8. The molecule has 254 valence electrons. The molecule has 0 bridgehead atoms. The fourth-order valence-corrected chi connectivity index (χ4v) is 9.87. The van der Waals surface area contributed by atoms with Crippen molar-refractivity contribution in [3.8, 4) is 22.9 Å². The third kappa shape index (κ3) is 5.37. The summed E-state index contributed by atoms with van der Waals surface area (Å²) >= 11 is 0. The third-order valence-electron chi connectivity index (χ3n) is 12.4. The predicted octanol–water partition coefficient (Wildman–Crippen LogP) is 5.34. The molecule has 0 N–H and O–H groups in total. The smallest absolute Gasteiger partial charge is 0.282 e. The summed E-state index contributed by atoms with van der Waals surface area (Å²) in [5, 5.41) is 17.3. The van der Waals surface area contributed by atoms with Crippen molar-refractivity contribution in [1.82, 2.24) is 35.2 Å². The molecule has 5 heterocycles. The Balaban J connectivity index is 0.869. The van der Waals surface area contributed by atoms with E-state index in [4.69, 9.17) is 9.47 Å². The van der Waals surface area contributed by atoms with Gasteiger partial charge in [0.05, 0.1) is 11.8 Å². The SMILES string of the molecule is COC1[C@H]2CN(C3CC([C@H](C(C)C)N4CC5(CCN(c6ncnnc6Oc6ccc(F)cc6-c6nnc(C)cc6C6CC6)C5)C4)C3)C[C@@H]12. The van der Waals surface area contributed by atoms with Crippen molar-refractivity contribution in [1.29, 1.82) is 0 Å². The molecule has 3 aromatic rings. The summed E-state index contributed by atoms with van der Waals surface area (Å²) in [6.07, 6.45) is 8.01. The molecule has 48 heavy (non-hydrogen) atoms. The van der Waals surface area contributed by atoms with Crippen molar-refractivity contribution < 1.29 is 13.9 Å². The van der Waals surface area contributed by atoms with Crippen molar-refractivity contribution in [2.24, 2.45) is 29.1 Å². The van der Waals surface area contributed by atoms with Crippen molar-refractivity contribution in [3.05, 3.63) is 47.7 Å². The van der Waals surface area contributed by atoms with Gasteiger partial charge in [0.15, 0.2) is 5.82 Å². The maximum atomic E-state index is 14.6. The molecular weight excluding hydrogens is 607 g/mol. The Bertz CT molecular complexity index is 1680. The normalized spacial score (nSPS) is 30.0. The fourth-order valence-electron chi connectivity index (χ4n) is 9.87. The number of hydrogen-bond acceptors (Lipinski definition) is 10. The molecule has 3 saturated heterocycles. The second-order valence-corrected chi connectivity index (χ2v) is 16.1. The van der Waals surface area contributed by atoms with Gasteiger partial charge in [0.25, 0.3) is 5.88 Å². The largest absolute Gasteiger partial charge is 0.434 e. The van der Waals surface area contributed by atoms with Crippen LogP contribution in [0.5, 0.6) is 11.6 Å². The molecule has 6 fully saturated rings. The number of piperidine rings is 1. The van der Waals surface area contributed by atoms with Gasteiger partial charge >= 0.3 is 0 Å². The van der Waals surface area contributed by atoms with Crippen LogP contribution in [0.2, 0.25) is 0 Å². The minimum absolute atomic E-state index is 0.252. The minimum Gasteiger partial charge on any atom is -0.434 e. The van der Waals surface area contributed by atoms with Crippen molar-refractivity contribution in [2.75, 3.05) is 51.3 Å². The molecule has 10 nitrogen and oxygen atoms in total. The van der Waals surface area contributed by atoms with Crippen LogP contribution in [0.15, 0.2) is 30.6 Å². The van der Waals surface area contributed by atoms with Gasteiger partial charge in [0.2, 0.25) is 0 Å². The summed E-state index contributed by atoms with van der Waals surface area (Å²) in [6.45, 7) is 13.3. The van der Waals surface area contributed by atoms with Gasteiger partial charge in [0.1, 0.15) is 23.6 Å². The summed E-state index contributed by atoms with van der Waals surface area (Å²) in [5.74, 6) is 4.58. The fraction of sp³-hybridized carbons (Fsp3) is 0.649. The van der Waals surface area contributed by atoms with Crippen molar-refractivity contribution in [3.63, 3.8) is 0 Å². The zero-order chi connectivity index (χ0) is 32.7. The van der Waals surface area contributed by atoms with Crippen LogP contribution in [0, 0.1) is 41.8 Å². The third-order valence-corrected chi connectivity index (χ3v) is 12.4. The number of halogens is 1. The Hall–Kier alpha value is -3.28. The van der Waals surface area contributed by atoms with Crippen LogP contribution >= 0.6 is 0 Å². The van der Waals surface area contributed by atoms with E-state index in [9.17, 15) is 4.39 Å². The molecule has 1 spiro atoms. The average molecular weight is 655 g/mol. The van der Waals surface area contributed by atoms with Crippen LogP contribution in [0.25, 0.3) is 11.3 Å². The first-order chi connectivity index (χ1) is 23.3. The summed E-state index contributed by atoms with van der Waals surface area (Å²) in [6, 6.07) is 8.02. The second kappa shape index (κ2) is 11.7. The van der Waals surface area contributed by atoms with E-state index in [1.54, 1.807) is 6.07 Å². The molecule has 0 radical (unpaired) electrons. The minimum atomic E-state index is -0.347. The Morgan fingerprint density at radius 1 is 1.00 bits per heavy atom. The quantitative estimate of drug-likeness (QED) is 0.285. The summed E-state index contributed by atoms with van der Waals surface area (Å²) in [4.78, 5) is 12.5. The summed E-state index contributed by atoms with van der Waals surface area (Å²) in [7, 11) is 1.87. The topological polar surface area (TPSA) is 92.6 Å².